The van der Waals surface area contributed by atoms with Gasteiger partial charge in [-0.25, -0.2) is 4.79 Å². The fourth-order valence-corrected chi connectivity index (χ4v) is 6.67. The van der Waals surface area contributed by atoms with E-state index in [1.54, 1.807) is 6.92 Å². The third-order valence-electron chi connectivity index (χ3n) is 6.35. The number of carbonyl (C=O) groups is 2. The van der Waals surface area contributed by atoms with E-state index in [4.69, 9.17) is 21.1 Å². The number of hydrogen-bond donors (Lipinski definition) is 1. The molecule has 8 nitrogen and oxygen atoms in total. The van der Waals surface area contributed by atoms with E-state index in [-0.39, 0.29) is 17.6 Å². The van der Waals surface area contributed by atoms with Crippen LogP contribution in [0, 0.1) is 6.92 Å². The Labute approximate surface area is 236 Å². The largest absolute Gasteiger partial charge is 0.493 e. The van der Waals surface area contributed by atoms with Gasteiger partial charge in [-0.05, 0) is 75.3 Å². The lowest BCUT2D eigenvalue weighted by molar-refractivity contribution is -0.113. The van der Waals surface area contributed by atoms with E-state index in [1.807, 2.05) is 36.7 Å². The first-order valence-electron chi connectivity index (χ1n) is 12.9. The molecule has 38 heavy (non-hydrogen) atoms. The molecule has 1 aliphatic rings. The first-order chi connectivity index (χ1) is 18.4. The van der Waals surface area contributed by atoms with Gasteiger partial charge in [-0.15, -0.1) is 21.5 Å². The summed E-state index contributed by atoms with van der Waals surface area (Å²) >= 11 is 8.83. The van der Waals surface area contributed by atoms with Gasteiger partial charge >= 0.3 is 5.97 Å². The minimum Gasteiger partial charge on any atom is -0.493 e. The second-order valence-electron chi connectivity index (χ2n) is 9.15. The molecule has 204 valence electrons. The molecule has 0 spiro atoms. The van der Waals surface area contributed by atoms with Crippen LogP contribution in [0.4, 0.5) is 5.00 Å². The standard InChI is InChI=1S/C27H33ClN4O4S2/c1-4-35-26(34)24-19-9-6-5-7-10-21(19)38-25(24)29-23(33)16-37-27-31-30-22(32(27)3)11-8-14-36-20-13-12-18(28)15-17(20)2/h12-13,15H,4-11,14,16H2,1-3H3,(H,29,33). The first kappa shape index (κ1) is 28.4. The molecule has 0 radical (unpaired) electrons. The molecule has 2 heterocycles. The van der Waals surface area contributed by atoms with Crippen LogP contribution in [0.3, 0.4) is 0 Å². The number of anilines is 1. The van der Waals surface area contributed by atoms with E-state index in [1.165, 1.54) is 28.0 Å². The van der Waals surface area contributed by atoms with Gasteiger partial charge in [-0.2, -0.15) is 0 Å². The second kappa shape index (κ2) is 13.5. The molecule has 0 unspecified atom stereocenters. The molecule has 0 atom stereocenters. The van der Waals surface area contributed by atoms with Crippen LogP contribution in [-0.2, 0) is 35.8 Å². The van der Waals surface area contributed by atoms with Crippen molar-refractivity contribution >= 4 is 51.6 Å². The lowest BCUT2D eigenvalue weighted by Gasteiger charge is -2.09. The summed E-state index contributed by atoms with van der Waals surface area (Å²) in [7, 11) is 1.90. The Hall–Kier alpha value is -2.56. The molecule has 0 fully saturated rings. The quantitative estimate of drug-likeness (QED) is 0.129. The summed E-state index contributed by atoms with van der Waals surface area (Å²) in [5, 5.41) is 13.5. The Kier molecular flexibility index (Phi) is 10.1. The monoisotopic (exact) mass is 576 g/mol. The fourth-order valence-electron chi connectivity index (χ4n) is 4.42. The number of amides is 1. The van der Waals surface area contributed by atoms with Gasteiger partial charge in [-0.3, -0.25) is 4.79 Å². The van der Waals surface area contributed by atoms with Crippen molar-refractivity contribution in [2.75, 3.05) is 24.3 Å². The first-order valence-corrected chi connectivity index (χ1v) is 15.1. The predicted molar refractivity (Wildman–Crippen MR) is 152 cm³/mol. The number of thioether (sulfide) groups is 1. The zero-order valence-electron chi connectivity index (χ0n) is 22.0. The van der Waals surface area contributed by atoms with Crippen LogP contribution >= 0.6 is 34.7 Å². The molecular formula is C27H33ClN4O4S2. The lowest BCUT2D eigenvalue weighted by Crippen LogP contribution is -2.17. The number of aryl methyl sites for hydroxylation is 3. The summed E-state index contributed by atoms with van der Waals surface area (Å²) in [4.78, 5) is 26.8. The highest BCUT2D eigenvalue weighted by Crippen LogP contribution is 2.38. The molecule has 3 aromatic rings. The van der Waals surface area contributed by atoms with Gasteiger partial charge in [0.15, 0.2) is 5.16 Å². The van der Waals surface area contributed by atoms with Crippen LogP contribution in [0.25, 0.3) is 0 Å². The van der Waals surface area contributed by atoms with Gasteiger partial charge in [-0.1, -0.05) is 29.8 Å². The number of halogens is 1. The number of fused-ring (bicyclic) bond motifs is 1. The Bertz CT molecular complexity index is 1290. The van der Waals surface area contributed by atoms with E-state index in [0.29, 0.717) is 40.4 Å². The van der Waals surface area contributed by atoms with E-state index >= 15 is 0 Å². The number of benzene rings is 1. The number of nitrogens with zero attached hydrogens (tertiary/aromatic N) is 3. The Morgan fingerprint density at radius 2 is 2.03 bits per heavy atom. The lowest BCUT2D eigenvalue weighted by atomic mass is 10.1. The van der Waals surface area contributed by atoms with Crippen molar-refractivity contribution in [3.63, 3.8) is 0 Å². The molecule has 1 aliphatic carbocycles. The van der Waals surface area contributed by atoms with Gasteiger partial charge in [0.1, 0.15) is 16.6 Å². The smallest absolute Gasteiger partial charge is 0.341 e. The minimum atomic E-state index is -0.358. The van der Waals surface area contributed by atoms with E-state index in [2.05, 4.69) is 15.5 Å². The summed E-state index contributed by atoms with van der Waals surface area (Å²) in [6, 6.07) is 5.57. The predicted octanol–water partition coefficient (Wildman–Crippen LogP) is 6.03. The number of ether oxygens (including phenoxy) is 2. The average Bonchev–Trinajstić information content (AvgIpc) is 3.31. The Morgan fingerprint density at radius 3 is 2.82 bits per heavy atom. The zero-order chi connectivity index (χ0) is 27.1. The highest BCUT2D eigenvalue weighted by atomic mass is 35.5. The van der Waals surface area contributed by atoms with Crippen LogP contribution in [0.15, 0.2) is 23.4 Å². The molecule has 0 saturated heterocycles. The van der Waals surface area contributed by atoms with Gasteiger partial charge in [0, 0.05) is 23.4 Å². The van der Waals surface area contributed by atoms with Crippen molar-refractivity contribution in [1.82, 2.24) is 14.8 Å². The maximum atomic E-state index is 12.9. The maximum absolute atomic E-state index is 12.9. The van der Waals surface area contributed by atoms with Crippen LogP contribution in [-0.4, -0.2) is 45.6 Å². The summed E-state index contributed by atoms with van der Waals surface area (Å²) in [5.74, 6) is 1.27. The number of carbonyl (C=O) groups excluding carboxylic acids is 2. The molecule has 0 saturated carbocycles. The molecule has 11 heteroatoms. The number of esters is 1. The molecule has 1 aromatic carbocycles. The summed E-state index contributed by atoms with van der Waals surface area (Å²) in [6.45, 7) is 4.61. The number of aromatic nitrogens is 3. The van der Waals surface area contributed by atoms with Crippen molar-refractivity contribution < 1.29 is 19.1 Å². The second-order valence-corrected chi connectivity index (χ2v) is 11.6. The fraction of sp³-hybridized carbons (Fsp3) is 0.481. The summed E-state index contributed by atoms with van der Waals surface area (Å²) < 4.78 is 13.1. The third kappa shape index (κ3) is 7.09. The van der Waals surface area contributed by atoms with Crippen molar-refractivity contribution in [2.45, 2.75) is 63.9 Å². The van der Waals surface area contributed by atoms with Crippen molar-refractivity contribution in [3.8, 4) is 5.75 Å². The van der Waals surface area contributed by atoms with E-state index in [0.717, 1.165) is 61.2 Å². The molecule has 0 bridgehead atoms. The topological polar surface area (TPSA) is 95.3 Å². The van der Waals surface area contributed by atoms with Gasteiger partial charge in [0.05, 0.1) is 24.5 Å². The highest BCUT2D eigenvalue weighted by Gasteiger charge is 2.26. The highest BCUT2D eigenvalue weighted by molar-refractivity contribution is 7.99. The average molecular weight is 577 g/mol. The maximum Gasteiger partial charge on any atom is 0.341 e. The van der Waals surface area contributed by atoms with Crippen LogP contribution in [0.2, 0.25) is 5.02 Å². The molecule has 2 aromatic heterocycles. The molecule has 1 amide bonds. The third-order valence-corrected chi connectivity index (χ3v) is 8.81. The van der Waals surface area contributed by atoms with Crippen molar-refractivity contribution in [3.05, 3.63) is 50.6 Å². The number of hydrogen-bond acceptors (Lipinski definition) is 8. The van der Waals surface area contributed by atoms with Crippen molar-refractivity contribution in [1.29, 1.82) is 0 Å². The number of nitrogens with one attached hydrogen (secondary N) is 1. The Balaban J connectivity index is 1.31. The van der Waals surface area contributed by atoms with E-state index in [9.17, 15) is 9.59 Å². The molecule has 1 N–H and O–H groups in total. The number of rotatable bonds is 11. The van der Waals surface area contributed by atoms with Gasteiger partial charge in [0.2, 0.25) is 5.91 Å². The van der Waals surface area contributed by atoms with Crippen LogP contribution < -0.4 is 10.1 Å². The van der Waals surface area contributed by atoms with Crippen molar-refractivity contribution in [2.24, 2.45) is 7.05 Å². The van der Waals surface area contributed by atoms with Crippen LogP contribution in [0.5, 0.6) is 5.75 Å². The van der Waals surface area contributed by atoms with E-state index < -0.39 is 0 Å². The van der Waals surface area contributed by atoms with Gasteiger partial charge < -0.3 is 19.4 Å². The zero-order valence-corrected chi connectivity index (χ0v) is 24.4. The molecule has 4 rings (SSSR count). The normalized spacial score (nSPS) is 13.1. The molecule has 0 aliphatic heterocycles. The summed E-state index contributed by atoms with van der Waals surface area (Å²) in [5.41, 5.74) is 2.58. The SMILES string of the molecule is CCOC(=O)c1c(NC(=O)CSc2nnc(CCCOc3ccc(Cl)cc3C)n2C)sc2c1CCCCC2. The minimum absolute atomic E-state index is 0.162. The van der Waals surface area contributed by atoms with Crippen LogP contribution in [0.1, 0.15) is 64.8 Å². The number of thiophene rings is 1. The molecular weight excluding hydrogens is 544 g/mol. The Morgan fingerprint density at radius 1 is 1.21 bits per heavy atom. The summed E-state index contributed by atoms with van der Waals surface area (Å²) in [6.07, 6.45) is 6.54. The van der Waals surface area contributed by atoms with Gasteiger partial charge in [0.25, 0.3) is 0 Å².